The second kappa shape index (κ2) is 12.6. The van der Waals surface area contributed by atoms with Crippen LogP contribution in [0.5, 0.6) is 0 Å². The van der Waals surface area contributed by atoms with Crippen LogP contribution in [-0.2, 0) is 12.4 Å². The van der Waals surface area contributed by atoms with Gasteiger partial charge in [0.15, 0.2) is 29.0 Å². The predicted molar refractivity (Wildman–Crippen MR) is 170 cm³/mol. The monoisotopic (exact) mass is 688 g/mol. The Morgan fingerprint density at radius 1 is 0.952 bits per heavy atom. The van der Waals surface area contributed by atoms with Crippen molar-refractivity contribution in [3.05, 3.63) is 76.9 Å². The van der Waals surface area contributed by atoms with E-state index in [1.54, 1.807) is 36.2 Å². The van der Waals surface area contributed by atoms with Crippen LogP contribution in [0.25, 0.3) is 17.5 Å². The first-order valence-corrected chi connectivity index (χ1v) is 15.0. The molecule has 7 nitrogen and oxygen atoms in total. The zero-order valence-corrected chi connectivity index (χ0v) is 27.3. The number of halogens is 6. The lowest BCUT2D eigenvalue weighted by Gasteiger charge is -2.27. The highest BCUT2D eigenvalue weighted by Gasteiger charge is 2.36. The van der Waals surface area contributed by atoms with Crippen LogP contribution in [0.3, 0.4) is 0 Å². The molecule has 1 atom stereocenters. The van der Waals surface area contributed by atoms with Gasteiger partial charge in [0.2, 0.25) is 7.59 Å². The number of nitrogens with zero attached hydrogens (tertiary/aromatic N) is 4. The van der Waals surface area contributed by atoms with E-state index >= 15 is 0 Å². The number of hydrogen-bond acceptors (Lipinski definition) is 7. The van der Waals surface area contributed by atoms with Gasteiger partial charge in [0.05, 0.1) is 6.61 Å². The topological polar surface area (TPSA) is 96.3 Å². The molecular formula is C29H26Cl6N4O3. The number of hydrogen-bond donors (Lipinski definition) is 1. The zero-order chi connectivity index (χ0) is 31.0. The van der Waals surface area contributed by atoms with Crippen LogP contribution in [-0.4, -0.2) is 51.3 Å². The van der Waals surface area contributed by atoms with Crippen LogP contribution in [0.2, 0.25) is 0 Å². The van der Waals surface area contributed by atoms with Gasteiger partial charge in [-0.2, -0.15) is 0 Å². The summed E-state index contributed by atoms with van der Waals surface area (Å²) in [6.07, 6.45) is 3.50. The van der Waals surface area contributed by atoms with E-state index in [2.05, 4.69) is 15.0 Å². The van der Waals surface area contributed by atoms with E-state index in [9.17, 15) is 14.7 Å². The zero-order valence-electron chi connectivity index (χ0n) is 22.7. The molecule has 1 saturated carbocycles. The molecule has 1 aliphatic rings. The highest BCUT2D eigenvalue weighted by molar-refractivity contribution is 6.67. The molecule has 1 unspecified atom stereocenters. The van der Waals surface area contributed by atoms with E-state index in [-0.39, 0.29) is 34.5 Å². The Bertz CT molecular complexity index is 1480. The number of carbonyl (C=O) groups is 2. The summed E-state index contributed by atoms with van der Waals surface area (Å²) >= 11 is 35.8. The Morgan fingerprint density at radius 2 is 1.50 bits per heavy atom. The molecule has 2 aromatic carbocycles. The van der Waals surface area contributed by atoms with Gasteiger partial charge in [-0.1, -0.05) is 120 Å². The molecular weight excluding hydrogens is 665 g/mol. The van der Waals surface area contributed by atoms with Crippen molar-refractivity contribution in [2.45, 2.75) is 40.3 Å². The quantitative estimate of drug-likeness (QED) is 0.155. The summed E-state index contributed by atoms with van der Waals surface area (Å²) in [5.41, 5.74) is 2.89. The van der Waals surface area contributed by atoms with Crippen LogP contribution < -0.4 is 4.90 Å². The van der Waals surface area contributed by atoms with Gasteiger partial charge in [-0.15, -0.1) is 0 Å². The van der Waals surface area contributed by atoms with Crippen LogP contribution in [0.15, 0.2) is 54.1 Å². The minimum Gasteiger partial charge on any atom is -0.394 e. The maximum atomic E-state index is 13.4. The van der Waals surface area contributed by atoms with Gasteiger partial charge in [0, 0.05) is 29.3 Å². The second-order valence-electron chi connectivity index (χ2n) is 10.5. The van der Waals surface area contributed by atoms with Crippen molar-refractivity contribution in [2.75, 3.05) is 18.6 Å². The number of alkyl halides is 6. The number of carbonyl (C=O) groups excluding carboxylic acids is 2. The Balaban J connectivity index is 1.54. The summed E-state index contributed by atoms with van der Waals surface area (Å²) in [5, 5.41) is 10.1. The number of rotatable bonds is 7. The molecule has 0 bridgehead atoms. The summed E-state index contributed by atoms with van der Waals surface area (Å²) in [6, 6.07) is 12.9. The largest absolute Gasteiger partial charge is 0.394 e. The molecule has 1 N–H and O–H groups in total. The molecule has 1 heterocycles. The molecule has 0 amide bonds. The summed E-state index contributed by atoms with van der Waals surface area (Å²) in [6.45, 7) is 3.51. The molecule has 42 heavy (non-hydrogen) atoms. The van der Waals surface area contributed by atoms with E-state index in [1.165, 1.54) is 0 Å². The molecule has 13 heteroatoms. The third-order valence-corrected chi connectivity index (χ3v) is 8.09. The van der Waals surface area contributed by atoms with Crippen LogP contribution in [0, 0.1) is 5.41 Å². The molecule has 0 spiro atoms. The van der Waals surface area contributed by atoms with Crippen molar-refractivity contribution in [2.24, 2.45) is 5.41 Å². The average Bonchev–Trinajstić information content (AvgIpc) is 3.19. The van der Waals surface area contributed by atoms with Crippen molar-refractivity contribution >= 4 is 92.9 Å². The number of aromatic nitrogens is 3. The summed E-state index contributed by atoms with van der Waals surface area (Å²) < 4.78 is -4.01. The molecule has 1 aliphatic carbocycles. The Hall–Kier alpha value is -1.97. The highest BCUT2D eigenvalue weighted by atomic mass is 35.6. The first-order valence-electron chi connectivity index (χ1n) is 12.8. The molecule has 222 valence electrons. The predicted octanol–water partition coefficient (Wildman–Crippen LogP) is 7.64. The lowest BCUT2D eigenvalue weighted by atomic mass is 9.90. The minimum atomic E-state index is -2.00. The standard InChI is InChI=1S/C29H26Cl6N4O3/c1-27(2)13-12-19(23(27)42)14-16-4-10-20(11-5-16)39(3)21(15-40)22(41)17-6-8-18(9-7-17)24-36-25(28(30,31)32)38-26(37-24)29(33,34)35/h4-11,14,21,40H,12-13,15H2,1-3H3/b19-14+. The van der Waals surface area contributed by atoms with Gasteiger partial charge in [-0.25, -0.2) is 15.0 Å². The van der Waals surface area contributed by atoms with Crippen LogP contribution in [0.4, 0.5) is 5.69 Å². The van der Waals surface area contributed by atoms with E-state index in [1.807, 2.05) is 44.2 Å². The first kappa shape index (κ1) is 32.9. The Kier molecular flexibility index (Phi) is 9.85. The number of anilines is 1. The van der Waals surface area contributed by atoms with Gasteiger partial charge in [0.25, 0.3) is 0 Å². The smallest absolute Gasteiger partial charge is 0.250 e. The number of aliphatic hydroxyl groups excluding tert-OH is 1. The van der Waals surface area contributed by atoms with Gasteiger partial charge in [-0.05, 0) is 42.2 Å². The molecule has 0 aliphatic heterocycles. The maximum absolute atomic E-state index is 13.4. The lowest BCUT2D eigenvalue weighted by molar-refractivity contribution is -0.121. The normalized spacial score (nSPS) is 17.0. The maximum Gasteiger partial charge on any atom is 0.250 e. The Labute approximate surface area is 273 Å². The van der Waals surface area contributed by atoms with E-state index < -0.39 is 20.2 Å². The molecule has 0 saturated heterocycles. The number of benzene rings is 2. The lowest BCUT2D eigenvalue weighted by Crippen LogP contribution is -2.41. The molecule has 1 aromatic heterocycles. The number of allylic oxidation sites excluding steroid dienone is 1. The van der Waals surface area contributed by atoms with E-state index in [0.717, 1.165) is 29.7 Å². The van der Waals surface area contributed by atoms with E-state index in [4.69, 9.17) is 69.6 Å². The van der Waals surface area contributed by atoms with Gasteiger partial charge < -0.3 is 10.0 Å². The number of likely N-dealkylation sites (N-methyl/N-ethyl adjacent to an activating group) is 1. The van der Waals surface area contributed by atoms with E-state index in [0.29, 0.717) is 11.1 Å². The average molecular weight is 691 g/mol. The van der Waals surface area contributed by atoms with Crippen molar-refractivity contribution in [1.82, 2.24) is 15.0 Å². The second-order valence-corrected chi connectivity index (χ2v) is 15.1. The molecule has 0 radical (unpaired) electrons. The van der Waals surface area contributed by atoms with Gasteiger partial charge in [0.1, 0.15) is 6.04 Å². The molecule has 4 rings (SSSR count). The number of ketones is 2. The van der Waals surface area contributed by atoms with Crippen molar-refractivity contribution in [3.8, 4) is 11.4 Å². The summed E-state index contributed by atoms with van der Waals surface area (Å²) in [5.74, 6) is -0.534. The summed E-state index contributed by atoms with van der Waals surface area (Å²) in [7, 11) is 1.73. The fourth-order valence-electron chi connectivity index (χ4n) is 4.55. The van der Waals surface area contributed by atoms with Crippen molar-refractivity contribution < 1.29 is 14.7 Å². The SMILES string of the molecule is CN(c1ccc(/C=C2\CCC(C)(C)C2=O)cc1)C(CO)C(=O)c1ccc(-c2nc(C(Cl)(Cl)Cl)nc(C(Cl)(Cl)Cl)n2)cc1. The molecule has 3 aromatic rings. The summed E-state index contributed by atoms with van der Waals surface area (Å²) in [4.78, 5) is 40.0. The van der Waals surface area contributed by atoms with Crippen LogP contribution >= 0.6 is 69.6 Å². The number of Topliss-reactive ketones (excluding diaryl/α,β-unsaturated/α-hetero) is 2. The Morgan fingerprint density at radius 3 is 1.95 bits per heavy atom. The minimum absolute atomic E-state index is 0.0698. The fourth-order valence-corrected chi connectivity index (χ4v) is 5.06. The third-order valence-electron chi connectivity index (χ3n) is 7.08. The third kappa shape index (κ3) is 7.39. The van der Waals surface area contributed by atoms with Crippen molar-refractivity contribution in [3.63, 3.8) is 0 Å². The van der Waals surface area contributed by atoms with Gasteiger partial charge >= 0.3 is 0 Å². The molecule has 1 fully saturated rings. The fraction of sp³-hybridized carbons (Fsp3) is 0.345. The highest BCUT2D eigenvalue weighted by Crippen LogP contribution is 2.41. The van der Waals surface area contributed by atoms with Crippen molar-refractivity contribution in [1.29, 1.82) is 0 Å². The number of aliphatic hydroxyl groups is 1. The first-order chi connectivity index (χ1) is 19.5. The van der Waals surface area contributed by atoms with Crippen LogP contribution in [0.1, 0.15) is 54.3 Å². The van der Waals surface area contributed by atoms with Gasteiger partial charge in [-0.3, -0.25) is 9.59 Å².